The summed E-state index contributed by atoms with van der Waals surface area (Å²) < 4.78 is 6.19. The van der Waals surface area contributed by atoms with Crippen LogP contribution in [0.5, 0.6) is 0 Å². The van der Waals surface area contributed by atoms with Crippen molar-refractivity contribution in [3.05, 3.63) is 47.1 Å². The second-order valence-electron chi connectivity index (χ2n) is 9.54. The second-order valence-corrected chi connectivity index (χ2v) is 9.54. The number of aromatic amines is 1. The van der Waals surface area contributed by atoms with Crippen LogP contribution in [-0.2, 0) is 17.9 Å². The van der Waals surface area contributed by atoms with Crippen molar-refractivity contribution in [2.24, 2.45) is 17.8 Å². The smallest absolute Gasteiger partial charge is 0.120 e. The Morgan fingerprint density at radius 1 is 1.26 bits per heavy atom. The number of hydrogen-bond acceptors (Lipinski definition) is 5. The van der Waals surface area contributed by atoms with Crippen molar-refractivity contribution in [1.29, 1.82) is 10.8 Å². The predicted molar refractivity (Wildman–Crippen MR) is 123 cm³/mol. The Balaban J connectivity index is 1.36. The van der Waals surface area contributed by atoms with Gasteiger partial charge in [-0.25, -0.2) is 4.98 Å². The summed E-state index contributed by atoms with van der Waals surface area (Å²) >= 11 is 0. The van der Waals surface area contributed by atoms with Gasteiger partial charge in [0.2, 0.25) is 0 Å². The van der Waals surface area contributed by atoms with Crippen molar-refractivity contribution in [2.75, 3.05) is 6.54 Å². The van der Waals surface area contributed by atoms with Crippen molar-refractivity contribution in [3.8, 4) is 11.3 Å². The molecule has 0 radical (unpaired) electrons. The lowest BCUT2D eigenvalue weighted by molar-refractivity contribution is 0.163. The summed E-state index contributed by atoms with van der Waals surface area (Å²) in [4.78, 5) is 7.97. The highest BCUT2D eigenvalue weighted by Gasteiger charge is 2.39. The number of ether oxygens (including phenoxy) is 1. The molecule has 6 nitrogen and oxygen atoms in total. The minimum absolute atomic E-state index is 0.161. The van der Waals surface area contributed by atoms with Crippen LogP contribution >= 0.6 is 0 Å². The van der Waals surface area contributed by atoms with Crippen LogP contribution < -0.4 is 5.32 Å². The monoisotopic (exact) mass is 417 g/mol. The zero-order valence-corrected chi connectivity index (χ0v) is 18.3. The van der Waals surface area contributed by atoms with Crippen LogP contribution in [0.25, 0.3) is 16.8 Å². The van der Waals surface area contributed by atoms with Crippen LogP contribution in [0.1, 0.15) is 56.5 Å². The first-order valence-electron chi connectivity index (χ1n) is 11.4. The average Bonchev–Trinajstić information content (AvgIpc) is 3.23. The fourth-order valence-corrected chi connectivity index (χ4v) is 5.16. The Morgan fingerprint density at radius 2 is 2.13 bits per heavy atom. The van der Waals surface area contributed by atoms with E-state index in [-0.39, 0.29) is 5.92 Å². The van der Waals surface area contributed by atoms with Gasteiger partial charge in [0.1, 0.15) is 18.2 Å². The normalized spacial score (nSPS) is 22.8. The first-order valence-corrected chi connectivity index (χ1v) is 11.4. The van der Waals surface area contributed by atoms with Crippen LogP contribution in [0, 0.1) is 28.6 Å². The van der Waals surface area contributed by atoms with Crippen LogP contribution in [0.4, 0.5) is 0 Å². The number of nitrogens with zero attached hydrogens (tertiary/aromatic N) is 1. The van der Waals surface area contributed by atoms with Gasteiger partial charge >= 0.3 is 0 Å². The predicted octanol–water partition coefficient (Wildman–Crippen LogP) is 4.92. The molecular formula is C25H31N5O. The maximum Gasteiger partial charge on any atom is 0.120 e. The number of imidazole rings is 1. The fraction of sp³-hybridized carbons (Fsp3) is 0.480. The largest absolute Gasteiger partial charge is 0.493 e. The van der Waals surface area contributed by atoms with Crippen LogP contribution in [-0.4, -0.2) is 27.9 Å². The van der Waals surface area contributed by atoms with Crippen LogP contribution in [0.3, 0.4) is 0 Å². The average molecular weight is 418 g/mol. The molecule has 1 aromatic carbocycles. The first-order chi connectivity index (χ1) is 15.0. The SMILES string of the molecule is CC(C)CNCc1ncc(-c2ccc3c(c2)COC2=C3CC3CCC(=N)C(=N)C3C2)[nH]1. The summed E-state index contributed by atoms with van der Waals surface area (Å²) in [5.41, 5.74) is 7.06. The van der Waals surface area contributed by atoms with E-state index in [1.807, 2.05) is 6.20 Å². The van der Waals surface area contributed by atoms with Crippen LogP contribution in [0.15, 0.2) is 30.2 Å². The molecule has 1 fully saturated rings. The van der Waals surface area contributed by atoms with Crippen molar-refractivity contribution in [3.63, 3.8) is 0 Å². The summed E-state index contributed by atoms with van der Waals surface area (Å²) in [7, 11) is 0. The molecule has 31 heavy (non-hydrogen) atoms. The van der Waals surface area contributed by atoms with E-state index in [1.54, 1.807) is 0 Å². The molecule has 2 atom stereocenters. The number of benzene rings is 1. The van der Waals surface area contributed by atoms with Gasteiger partial charge in [0.25, 0.3) is 0 Å². The summed E-state index contributed by atoms with van der Waals surface area (Å²) in [5.74, 6) is 3.24. The van der Waals surface area contributed by atoms with Gasteiger partial charge in [-0.3, -0.25) is 0 Å². The molecule has 162 valence electrons. The Morgan fingerprint density at radius 3 is 2.97 bits per heavy atom. The third kappa shape index (κ3) is 3.85. The van der Waals surface area contributed by atoms with E-state index in [2.05, 4.69) is 47.3 Å². The minimum Gasteiger partial charge on any atom is -0.493 e. The molecule has 0 spiro atoms. The number of aromatic nitrogens is 2. The molecule has 5 rings (SSSR count). The van der Waals surface area contributed by atoms with Gasteiger partial charge in [-0.1, -0.05) is 26.0 Å². The van der Waals surface area contributed by atoms with E-state index >= 15 is 0 Å². The van der Waals surface area contributed by atoms with Gasteiger partial charge in [-0.15, -0.1) is 0 Å². The van der Waals surface area contributed by atoms with E-state index in [9.17, 15) is 0 Å². The van der Waals surface area contributed by atoms with E-state index in [0.717, 1.165) is 61.6 Å². The van der Waals surface area contributed by atoms with E-state index in [4.69, 9.17) is 15.6 Å². The van der Waals surface area contributed by atoms with Crippen LogP contribution in [0.2, 0.25) is 0 Å². The number of rotatable bonds is 5. The van der Waals surface area contributed by atoms with Gasteiger partial charge in [0, 0.05) is 12.3 Å². The van der Waals surface area contributed by atoms with Crippen molar-refractivity contribution >= 4 is 17.0 Å². The number of H-pyrrole nitrogens is 1. The molecule has 1 saturated carbocycles. The maximum atomic E-state index is 8.34. The van der Waals surface area contributed by atoms with Crippen molar-refractivity contribution in [2.45, 2.75) is 52.7 Å². The fourth-order valence-electron chi connectivity index (χ4n) is 5.16. The summed E-state index contributed by atoms with van der Waals surface area (Å²) in [5, 5.41) is 19.8. The molecule has 2 unspecified atom stereocenters. The number of allylic oxidation sites excluding steroid dienone is 2. The zero-order chi connectivity index (χ0) is 21.5. The highest BCUT2D eigenvalue weighted by Crippen LogP contribution is 2.47. The van der Waals surface area contributed by atoms with E-state index in [1.165, 1.54) is 16.7 Å². The second kappa shape index (κ2) is 8.08. The molecule has 1 aliphatic heterocycles. The van der Waals surface area contributed by atoms with E-state index in [0.29, 0.717) is 29.9 Å². The lowest BCUT2D eigenvalue weighted by Crippen LogP contribution is -2.38. The summed E-state index contributed by atoms with van der Waals surface area (Å²) in [6.45, 7) is 6.70. The molecule has 1 aromatic heterocycles. The minimum atomic E-state index is 0.161. The van der Waals surface area contributed by atoms with Crippen molar-refractivity contribution < 1.29 is 4.74 Å². The first kappa shape index (κ1) is 20.2. The van der Waals surface area contributed by atoms with Gasteiger partial charge in [-0.2, -0.15) is 0 Å². The maximum absolute atomic E-state index is 8.34. The third-order valence-electron chi connectivity index (χ3n) is 6.86. The standard InChI is InChI=1S/C25H31N5O/c1-14(2)10-28-12-24-29-11-22(30-24)16-3-5-18-17(7-16)13-31-23-9-19-15(8-20(18)23)4-6-21(26)25(19)27/h3,5,7,11,14-15,19,26-28H,4,6,8-10,12-13H2,1-2H3,(H,29,30). The van der Waals surface area contributed by atoms with Gasteiger partial charge in [0.15, 0.2) is 0 Å². The molecule has 3 aliphatic rings. The third-order valence-corrected chi connectivity index (χ3v) is 6.86. The molecule has 0 bridgehead atoms. The highest BCUT2D eigenvalue weighted by atomic mass is 16.5. The summed E-state index contributed by atoms with van der Waals surface area (Å²) in [6.07, 6.45) is 5.39. The van der Waals surface area contributed by atoms with Gasteiger partial charge in [0.05, 0.1) is 29.9 Å². The Labute approximate surface area is 183 Å². The Hall–Kier alpha value is -2.73. The number of fused-ring (bicyclic) bond motifs is 3. The molecule has 4 N–H and O–H groups in total. The highest BCUT2D eigenvalue weighted by molar-refractivity contribution is 6.41. The lowest BCUT2D eigenvalue weighted by Gasteiger charge is -2.40. The van der Waals surface area contributed by atoms with Gasteiger partial charge < -0.3 is 25.9 Å². The molecule has 0 amide bonds. The molecule has 2 aromatic rings. The molecule has 2 aliphatic carbocycles. The Kier molecular flexibility index (Phi) is 5.26. The van der Waals surface area contributed by atoms with Gasteiger partial charge in [-0.05, 0) is 66.0 Å². The number of hydrogen-bond donors (Lipinski definition) is 4. The lowest BCUT2D eigenvalue weighted by atomic mass is 9.67. The molecular weight excluding hydrogens is 386 g/mol. The quantitative estimate of drug-likeness (QED) is 0.556. The van der Waals surface area contributed by atoms with Crippen molar-refractivity contribution in [1.82, 2.24) is 15.3 Å². The molecule has 0 saturated heterocycles. The molecule has 2 heterocycles. The topological polar surface area (TPSA) is 97.6 Å². The zero-order valence-electron chi connectivity index (χ0n) is 18.3. The summed E-state index contributed by atoms with van der Waals surface area (Å²) in [6, 6.07) is 6.64. The number of nitrogens with one attached hydrogen (secondary N) is 4. The Bertz CT molecular complexity index is 1060. The van der Waals surface area contributed by atoms with E-state index < -0.39 is 0 Å². The molecule has 6 heteroatoms.